The Labute approximate surface area is 247 Å². The van der Waals surface area contributed by atoms with Crippen LogP contribution in [0.3, 0.4) is 0 Å². The Kier molecular flexibility index (Phi) is 7.22. The van der Waals surface area contributed by atoms with Crippen LogP contribution < -0.4 is 11.1 Å². The molecule has 1 saturated heterocycles. The number of imidazole rings is 1. The highest BCUT2D eigenvalue weighted by molar-refractivity contribution is 6.30. The number of halogens is 4. The van der Waals surface area contributed by atoms with E-state index in [1.165, 1.54) is 18.3 Å². The van der Waals surface area contributed by atoms with Crippen molar-refractivity contribution in [3.05, 3.63) is 70.9 Å². The average Bonchev–Trinajstić information content (AvgIpc) is 3.39. The summed E-state index contributed by atoms with van der Waals surface area (Å²) in [5, 5.41) is 13.2. The topological polar surface area (TPSA) is 148 Å². The van der Waals surface area contributed by atoms with Crippen LogP contribution in [-0.2, 0) is 15.7 Å². The van der Waals surface area contributed by atoms with E-state index in [0.717, 1.165) is 24.8 Å². The molecule has 1 aromatic carbocycles. The van der Waals surface area contributed by atoms with Crippen LogP contribution in [0.2, 0.25) is 5.15 Å². The summed E-state index contributed by atoms with van der Waals surface area (Å²) in [6, 6.07) is 7.72. The lowest BCUT2D eigenvalue weighted by molar-refractivity contribution is -0.167. The highest BCUT2D eigenvalue weighted by atomic mass is 35.5. The Morgan fingerprint density at radius 1 is 1.16 bits per heavy atom. The van der Waals surface area contributed by atoms with E-state index < -0.39 is 29.4 Å². The van der Waals surface area contributed by atoms with E-state index in [1.807, 2.05) is 0 Å². The number of pyridine rings is 1. The molecule has 6 rings (SSSR count). The molecule has 15 heteroatoms. The van der Waals surface area contributed by atoms with Gasteiger partial charge in [0.15, 0.2) is 0 Å². The molecule has 1 atom stereocenters. The Balaban J connectivity index is 1.29. The van der Waals surface area contributed by atoms with Gasteiger partial charge in [0.2, 0.25) is 0 Å². The van der Waals surface area contributed by atoms with E-state index in [9.17, 15) is 27.9 Å². The molecule has 3 aromatic heterocycles. The normalized spacial score (nSPS) is 18.3. The molecule has 11 nitrogen and oxygen atoms in total. The molecule has 4 N–H and O–H groups in total. The number of nitrogens with zero attached hydrogens (tertiary/aromatic N) is 5. The first-order valence-corrected chi connectivity index (χ1v) is 13.7. The Morgan fingerprint density at radius 2 is 1.91 bits per heavy atom. The van der Waals surface area contributed by atoms with Crippen LogP contribution in [0, 0.1) is 0 Å². The summed E-state index contributed by atoms with van der Waals surface area (Å²) in [5.41, 5.74) is 5.44. The molecule has 2 amide bonds. The average molecular weight is 616 g/mol. The minimum Gasteiger partial charge on any atom is -0.382 e. The molecule has 0 radical (unpaired) electrons. The summed E-state index contributed by atoms with van der Waals surface area (Å²) >= 11 is 6.54. The second kappa shape index (κ2) is 10.8. The molecule has 1 aliphatic heterocycles. The smallest absolute Gasteiger partial charge is 0.382 e. The number of carbonyl (C=O) groups excluding carboxylic acids is 2. The number of amides is 2. The predicted octanol–water partition coefficient (Wildman–Crippen LogP) is 4.11. The highest BCUT2D eigenvalue weighted by Crippen LogP contribution is 2.37. The largest absolute Gasteiger partial charge is 0.416 e. The SMILES string of the molecule is Nc1ncc(Cl)n2c(C3CN(C(=O)C4(O)CCC4)CCO3)nc(-c3ccc(C(=O)Nc4cc(C(F)(F)F)ccn4)cc3)c12. The zero-order valence-corrected chi connectivity index (χ0v) is 23.2. The van der Waals surface area contributed by atoms with Crippen molar-refractivity contribution >= 4 is 40.6 Å². The number of hydrogen-bond acceptors (Lipinski definition) is 8. The maximum absolute atomic E-state index is 13.0. The molecule has 0 bridgehead atoms. The molecule has 0 spiro atoms. The van der Waals surface area contributed by atoms with E-state index in [-0.39, 0.29) is 41.4 Å². The lowest BCUT2D eigenvalue weighted by atomic mass is 9.79. The van der Waals surface area contributed by atoms with Crippen molar-refractivity contribution in [1.82, 2.24) is 24.3 Å². The number of rotatable bonds is 5. The van der Waals surface area contributed by atoms with Gasteiger partial charge in [-0.05, 0) is 43.5 Å². The Hall–Kier alpha value is -4.27. The van der Waals surface area contributed by atoms with Gasteiger partial charge in [-0.1, -0.05) is 23.7 Å². The quantitative estimate of drug-likeness (QED) is 0.304. The van der Waals surface area contributed by atoms with Gasteiger partial charge in [-0.3, -0.25) is 14.0 Å². The number of carbonyl (C=O) groups is 2. The summed E-state index contributed by atoms with van der Waals surface area (Å²) < 4.78 is 46.7. The number of nitrogen functional groups attached to an aromatic ring is 1. The van der Waals surface area contributed by atoms with Gasteiger partial charge >= 0.3 is 6.18 Å². The third-order valence-electron chi connectivity index (χ3n) is 7.64. The summed E-state index contributed by atoms with van der Waals surface area (Å²) in [5.74, 6) is -0.740. The second-order valence-corrected chi connectivity index (χ2v) is 10.8. The van der Waals surface area contributed by atoms with E-state index in [4.69, 9.17) is 27.1 Å². The van der Waals surface area contributed by atoms with Crippen molar-refractivity contribution in [3.63, 3.8) is 0 Å². The first kappa shape index (κ1) is 28.8. The number of fused-ring (bicyclic) bond motifs is 1. The molecule has 2 aliphatic rings. The van der Waals surface area contributed by atoms with Gasteiger partial charge in [-0.15, -0.1) is 0 Å². The summed E-state index contributed by atoms with van der Waals surface area (Å²) in [6.45, 7) is 0.686. The molecule has 2 fully saturated rings. The molecule has 4 aromatic rings. The van der Waals surface area contributed by atoms with Crippen molar-refractivity contribution in [2.45, 2.75) is 37.1 Å². The molecule has 4 heterocycles. The Bertz CT molecular complexity index is 1720. The summed E-state index contributed by atoms with van der Waals surface area (Å²) in [4.78, 5) is 40.1. The number of alkyl halides is 3. The van der Waals surface area contributed by atoms with E-state index >= 15 is 0 Å². The number of aromatic nitrogens is 4. The number of anilines is 2. The van der Waals surface area contributed by atoms with Gasteiger partial charge in [-0.25, -0.2) is 15.0 Å². The number of ether oxygens (including phenoxy) is 1. The van der Waals surface area contributed by atoms with Gasteiger partial charge in [0, 0.05) is 23.9 Å². The molecule has 43 heavy (non-hydrogen) atoms. The molecular weight excluding hydrogens is 591 g/mol. The third kappa shape index (κ3) is 5.37. The fourth-order valence-electron chi connectivity index (χ4n) is 5.20. The van der Waals surface area contributed by atoms with Gasteiger partial charge in [0.05, 0.1) is 24.9 Å². The Morgan fingerprint density at radius 3 is 2.58 bits per heavy atom. The molecule has 1 saturated carbocycles. The fourth-order valence-corrected chi connectivity index (χ4v) is 5.42. The minimum absolute atomic E-state index is 0.128. The first-order chi connectivity index (χ1) is 20.4. The number of aliphatic hydroxyl groups is 1. The number of nitrogens with one attached hydrogen (secondary N) is 1. The van der Waals surface area contributed by atoms with E-state index in [0.29, 0.717) is 42.0 Å². The standard InChI is InChI=1S/C28H25ClF3N7O4/c29-19-13-35-23(33)22-21(37-24(39(19)22)18-14-38(10-11-43-18)26(41)27(42)7-1-8-27)15-2-4-16(5-3-15)25(40)36-20-12-17(6-9-34-20)28(30,31)32/h2-6,9,12-13,18,42H,1,7-8,10-11,14H2,(H2,33,35)(H,34,36,40). The van der Waals surface area contributed by atoms with Crippen molar-refractivity contribution in [2.75, 3.05) is 30.7 Å². The van der Waals surface area contributed by atoms with E-state index in [1.54, 1.807) is 21.4 Å². The van der Waals surface area contributed by atoms with Crippen LogP contribution >= 0.6 is 11.6 Å². The van der Waals surface area contributed by atoms with E-state index in [2.05, 4.69) is 15.3 Å². The fraction of sp³-hybridized carbons (Fsp3) is 0.321. The number of nitrogens with two attached hydrogens (primary N) is 1. The summed E-state index contributed by atoms with van der Waals surface area (Å²) in [7, 11) is 0. The number of benzene rings is 1. The van der Waals surface area contributed by atoms with Crippen molar-refractivity contribution in [1.29, 1.82) is 0 Å². The molecule has 1 unspecified atom stereocenters. The van der Waals surface area contributed by atoms with Crippen LogP contribution in [0.1, 0.15) is 47.1 Å². The van der Waals surface area contributed by atoms with Crippen LogP contribution in [0.4, 0.5) is 24.8 Å². The van der Waals surface area contributed by atoms with Gasteiger partial charge in [0.1, 0.15) is 45.5 Å². The molecule has 1 aliphatic carbocycles. The number of hydrogen-bond donors (Lipinski definition) is 3. The lowest BCUT2D eigenvalue weighted by Crippen LogP contribution is -2.56. The van der Waals surface area contributed by atoms with Crippen LogP contribution in [0.15, 0.2) is 48.8 Å². The molecular formula is C28H25ClF3N7O4. The monoisotopic (exact) mass is 615 g/mol. The van der Waals surface area contributed by atoms with Crippen molar-refractivity contribution < 1.29 is 32.6 Å². The number of morpholine rings is 1. The zero-order valence-electron chi connectivity index (χ0n) is 22.4. The zero-order chi connectivity index (χ0) is 30.5. The van der Waals surface area contributed by atoms with Crippen LogP contribution in [-0.4, -0.2) is 66.5 Å². The lowest BCUT2D eigenvalue weighted by Gasteiger charge is -2.41. The maximum Gasteiger partial charge on any atom is 0.416 e. The maximum atomic E-state index is 13.0. The highest BCUT2D eigenvalue weighted by Gasteiger charge is 2.46. The van der Waals surface area contributed by atoms with Crippen molar-refractivity contribution in [3.8, 4) is 11.3 Å². The minimum atomic E-state index is -4.58. The first-order valence-electron chi connectivity index (χ1n) is 13.4. The third-order valence-corrected chi connectivity index (χ3v) is 7.91. The van der Waals surface area contributed by atoms with Gasteiger partial charge in [-0.2, -0.15) is 13.2 Å². The van der Waals surface area contributed by atoms with Gasteiger partial charge in [0.25, 0.3) is 11.8 Å². The predicted molar refractivity (Wildman–Crippen MR) is 149 cm³/mol. The van der Waals surface area contributed by atoms with Crippen LogP contribution in [0.25, 0.3) is 16.8 Å². The second-order valence-electron chi connectivity index (χ2n) is 10.4. The van der Waals surface area contributed by atoms with Crippen LogP contribution in [0.5, 0.6) is 0 Å². The summed E-state index contributed by atoms with van der Waals surface area (Å²) in [6.07, 6.45) is -1.30. The van der Waals surface area contributed by atoms with Crippen molar-refractivity contribution in [2.24, 2.45) is 0 Å². The molecule has 224 valence electrons. The van der Waals surface area contributed by atoms with Gasteiger partial charge < -0.3 is 25.8 Å².